The zero-order valence-corrected chi connectivity index (χ0v) is 17.7. The van der Waals surface area contributed by atoms with Crippen LogP contribution in [0.1, 0.15) is 16.1 Å². The van der Waals surface area contributed by atoms with Crippen LogP contribution in [0.5, 0.6) is 5.75 Å². The van der Waals surface area contributed by atoms with Crippen LogP contribution in [0.15, 0.2) is 66.0 Å². The topological polar surface area (TPSA) is 44.1 Å². The van der Waals surface area contributed by atoms with E-state index in [0.717, 1.165) is 6.07 Å². The van der Waals surface area contributed by atoms with Crippen LogP contribution in [0.4, 0.5) is 13.2 Å². The number of halogens is 5. The number of ether oxygens (including phenoxy) is 1. The Kier molecular flexibility index (Phi) is 5.79. The molecule has 0 radical (unpaired) electrons. The first-order chi connectivity index (χ1) is 14.7. The number of alkyl halides is 3. The van der Waals surface area contributed by atoms with Crippen molar-refractivity contribution in [3.63, 3.8) is 0 Å². The Labute approximate surface area is 188 Å². The molecule has 158 valence electrons. The maximum absolute atomic E-state index is 13.2. The SMILES string of the molecule is O=C(Oc1ccc(Cl)cc1Cl)c1ccc(-n2nc(C(F)(F)F)cc2-c2cccs2)cc1. The number of hydrogen-bond donors (Lipinski definition) is 0. The van der Waals surface area contributed by atoms with Crippen LogP contribution in [-0.4, -0.2) is 15.7 Å². The molecule has 0 aliphatic heterocycles. The van der Waals surface area contributed by atoms with Crippen molar-refractivity contribution in [3.05, 3.63) is 87.3 Å². The Balaban J connectivity index is 1.64. The zero-order chi connectivity index (χ0) is 22.2. The standard InChI is InChI=1S/C21H11Cl2F3N2O2S/c22-13-5-8-17(15(23)10-13)30-20(29)12-3-6-14(7-4-12)28-16(18-2-1-9-31-18)11-19(27-28)21(24,25)26/h1-11H. The van der Waals surface area contributed by atoms with Crippen LogP contribution < -0.4 is 4.74 Å². The van der Waals surface area contributed by atoms with Crippen molar-refractivity contribution in [1.29, 1.82) is 0 Å². The van der Waals surface area contributed by atoms with Crippen molar-refractivity contribution in [2.75, 3.05) is 0 Å². The van der Waals surface area contributed by atoms with Gasteiger partial charge in [-0.25, -0.2) is 9.48 Å². The van der Waals surface area contributed by atoms with E-state index in [1.807, 2.05) is 0 Å². The summed E-state index contributed by atoms with van der Waals surface area (Å²) in [5.74, 6) is -0.535. The van der Waals surface area contributed by atoms with Crippen LogP contribution in [-0.2, 0) is 6.18 Å². The lowest BCUT2D eigenvalue weighted by atomic mass is 10.2. The van der Waals surface area contributed by atoms with Gasteiger partial charge in [-0.2, -0.15) is 18.3 Å². The third-order valence-electron chi connectivity index (χ3n) is 4.22. The normalized spacial score (nSPS) is 11.5. The Morgan fingerprint density at radius 2 is 1.77 bits per heavy atom. The number of benzene rings is 2. The molecule has 10 heteroatoms. The highest BCUT2D eigenvalue weighted by atomic mass is 35.5. The maximum Gasteiger partial charge on any atom is 0.435 e. The van der Waals surface area contributed by atoms with Gasteiger partial charge in [0.1, 0.15) is 5.75 Å². The molecule has 0 saturated carbocycles. The fraction of sp³-hybridized carbons (Fsp3) is 0.0476. The zero-order valence-electron chi connectivity index (χ0n) is 15.4. The lowest BCUT2D eigenvalue weighted by Crippen LogP contribution is -2.10. The molecule has 0 aliphatic carbocycles. The largest absolute Gasteiger partial charge is 0.435 e. The van der Waals surface area contributed by atoms with E-state index in [-0.39, 0.29) is 16.3 Å². The molecule has 0 unspecified atom stereocenters. The summed E-state index contributed by atoms with van der Waals surface area (Å²) in [6.45, 7) is 0. The lowest BCUT2D eigenvalue weighted by molar-refractivity contribution is -0.141. The molecule has 0 saturated heterocycles. The maximum atomic E-state index is 13.2. The highest BCUT2D eigenvalue weighted by Gasteiger charge is 2.35. The highest BCUT2D eigenvalue weighted by molar-refractivity contribution is 7.13. The summed E-state index contributed by atoms with van der Waals surface area (Å²) in [4.78, 5) is 13.0. The first-order valence-electron chi connectivity index (χ1n) is 8.71. The van der Waals surface area contributed by atoms with Gasteiger partial charge in [-0.15, -0.1) is 11.3 Å². The van der Waals surface area contributed by atoms with E-state index in [2.05, 4.69) is 5.10 Å². The van der Waals surface area contributed by atoms with Gasteiger partial charge in [-0.1, -0.05) is 29.3 Å². The molecule has 4 nitrogen and oxygen atoms in total. The number of carbonyl (C=O) groups is 1. The van der Waals surface area contributed by atoms with Crippen molar-refractivity contribution in [2.45, 2.75) is 6.18 Å². The number of hydrogen-bond acceptors (Lipinski definition) is 4. The molecule has 2 heterocycles. The Bertz CT molecular complexity index is 1240. The van der Waals surface area contributed by atoms with Crippen LogP contribution >= 0.6 is 34.5 Å². The molecule has 0 amide bonds. The van der Waals surface area contributed by atoms with E-state index in [9.17, 15) is 18.0 Å². The summed E-state index contributed by atoms with van der Waals surface area (Å²) in [5, 5.41) is 6.06. The van der Waals surface area contributed by atoms with Gasteiger partial charge < -0.3 is 4.74 Å². The molecule has 2 aromatic heterocycles. The molecule has 0 atom stereocenters. The summed E-state index contributed by atoms with van der Waals surface area (Å²) >= 11 is 13.1. The minimum atomic E-state index is -4.58. The van der Waals surface area contributed by atoms with Crippen molar-refractivity contribution in [2.24, 2.45) is 0 Å². The van der Waals surface area contributed by atoms with Crippen LogP contribution in [0, 0.1) is 0 Å². The smallest absolute Gasteiger partial charge is 0.421 e. The molecule has 2 aromatic carbocycles. The van der Waals surface area contributed by atoms with Gasteiger partial charge >= 0.3 is 12.1 Å². The second kappa shape index (κ2) is 8.37. The predicted octanol–water partition coefficient (Wildman–Crippen LogP) is 7.15. The molecule has 0 spiro atoms. The van der Waals surface area contributed by atoms with Crippen molar-refractivity contribution >= 4 is 40.5 Å². The predicted molar refractivity (Wildman–Crippen MR) is 113 cm³/mol. The fourth-order valence-electron chi connectivity index (χ4n) is 2.77. The summed E-state index contributed by atoms with van der Waals surface area (Å²) in [5.41, 5.74) is -0.155. The van der Waals surface area contributed by atoms with Crippen LogP contribution in [0.2, 0.25) is 10.0 Å². The number of thiophene rings is 1. The minimum Gasteiger partial charge on any atom is -0.421 e. The Morgan fingerprint density at radius 1 is 1.03 bits per heavy atom. The number of rotatable bonds is 4. The number of nitrogens with zero attached hydrogens (tertiary/aromatic N) is 2. The van der Waals surface area contributed by atoms with Crippen LogP contribution in [0.3, 0.4) is 0 Å². The van der Waals surface area contributed by atoms with Gasteiger partial charge in [0.05, 0.1) is 26.8 Å². The van der Waals surface area contributed by atoms with E-state index in [1.165, 1.54) is 58.5 Å². The molecule has 4 aromatic rings. The molecule has 4 rings (SSSR count). The summed E-state index contributed by atoms with van der Waals surface area (Å²) < 4.78 is 46.1. The van der Waals surface area contributed by atoms with Crippen molar-refractivity contribution < 1.29 is 22.7 Å². The number of aromatic nitrogens is 2. The van der Waals surface area contributed by atoms with E-state index in [1.54, 1.807) is 17.5 Å². The summed E-state index contributed by atoms with van der Waals surface area (Å²) in [6, 6.07) is 14.7. The highest BCUT2D eigenvalue weighted by Crippen LogP contribution is 2.35. The lowest BCUT2D eigenvalue weighted by Gasteiger charge is -2.09. The first-order valence-corrected chi connectivity index (χ1v) is 10.3. The van der Waals surface area contributed by atoms with E-state index in [4.69, 9.17) is 27.9 Å². The minimum absolute atomic E-state index is 0.141. The molecule has 0 N–H and O–H groups in total. The van der Waals surface area contributed by atoms with Gasteiger partial charge in [-0.05, 0) is 60.0 Å². The van der Waals surface area contributed by atoms with Crippen LogP contribution in [0.25, 0.3) is 16.3 Å². The van der Waals surface area contributed by atoms with Gasteiger partial charge in [0, 0.05) is 5.02 Å². The van der Waals surface area contributed by atoms with Gasteiger partial charge in [0.2, 0.25) is 0 Å². The van der Waals surface area contributed by atoms with Gasteiger partial charge in [0.15, 0.2) is 5.69 Å². The quantitative estimate of drug-likeness (QED) is 0.229. The summed E-state index contributed by atoms with van der Waals surface area (Å²) in [7, 11) is 0. The van der Waals surface area contributed by atoms with Crippen molar-refractivity contribution in [1.82, 2.24) is 9.78 Å². The van der Waals surface area contributed by atoms with E-state index < -0.39 is 17.8 Å². The van der Waals surface area contributed by atoms with Crippen molar-refractivity contribution in [3.8, 4) is 22.0 Å². The van der Waals surface area contributed by atoms with Gasteiger partial charge in [0.25, 0.3) is 0 Å². The molecule has 0 aliphatic rings. The number of esters is 1. The van der Waals surface area contributed by atoms with Gasteiger partial charge in [-0.3, -0.25) is 0 Å². The van der Waals surface area contributed by atoms with E-state index in [0.29, 0.717) is 21.3 Å². The fourth-order valence-corrected chi connectivity index (χ4v) is 3.95. The number of carbonyl (C=O) groups excluding carboxylic acids is 1. The molecule has 0 bridgehead atoms. The molecule has 0 fully saturated rings. The molecular weight excluding hydrogens is 472 g/mol. The second-order valence-electron chi connectivity index (χ2n) is 6.31. The Hall–Kier alpha value is -2.81. The third kappa shape index (κ3) is 4.61. The third-order valence-corrected chi connectivity index (χ3v) is 5.64. The first kappa shape index (κ1) is 21.4. The average molecular weight is 483 g/mol. The molecular formula is C21H11Cl2F3N2O2S. The van der Waals surface area contributed by atoms with E-state index >= 15 is 0 Å². The monoisotopic (exact) mass is 482 g/mol. The summed E-state index contributed by atoms with van der Waals surface area (Å²) in [6.07, 6.45) is -4.58. The molecule has 31 heavy (non-hydrogen) atoms. The Morgan fingerprint density at radius 3 is 2.39 bits per heavy atom. The second-order valence-corrected chi connectivity index (χ2v) is 8.10. The average Bonchev–Trinajstić information content (AvgIpc) is 3.39.